The predicted octanol–water partition coefficient (Wildman–Crippen LogP) is 1.98. The first kappa shape index (κ1) is 11.0. The van der Waals surface area contributed by atoms with E-state index in [1.807, 2.05) is 6.07 Å². The number of hydrogen-bond acceptors (Lipinski definition) is 3. The summed E-state index contributed by atoms with van der Waals surface area (Å²) in [7, 11) is 0. The maximum Gasteiger partial charge on any atom is 0.337 e. The van der Waals surface area contributed by atoms with Crippen LogP contribution in [0.3, 0.4) is 0 Å². The van der Waals surface area contributed by atoms with Gasteiger partial charge in [-0.3, -0.25) is 0 Å². The Morgan fingerprint density at radius 1 is 1.50 bits per heavy atom. The van der Waals surface area contributed by atoms with Crippen LogP contribution in [0.1, 0.15) is 23.2 Å². The molecule has 0 bridgehead atoms. The van der Waals surface area contributed by atoms with Gasteiger partial charge >= 0.3 is 5.97 Å². The van der Waals surface area contributed by atoms with Crippen molar-refractivity contribution in [2.24, 2.45) is 0 Å². The van der Waals surface area contributed by atoms with Gasteiger partial charge in [0.2, 0.25) is 0 Å². The number of carboxylic acids is 1. The highest BCUT2D eigenvalue weighted by Gasteiger charge is 2.16. The van der Waals surface area contributed by atoms with Crippen molar-refractivity contribution in [1.29, 1.82) is 0 Å². The van der Waals surface area contributed by atoms with E-state index in [0.717, 1.165) is 19.4 Å². The summed E-state index contributed by atoms with van der Waals surface area (Å²) >= 11 is 0. The minimum Gasteiger partial charge on any atom is -0.478 e. The lowest BCUT2D eigenvalue weighted by atomic mass is 10.1. The molecule has 1 atom stereocenters. The van der Waals surface area contributed by atoms with Crippen LogP contribution in [-0.2, 0) is 4.74 Å². The van der Waals surface area contributed by atoms with Crippen LogP contribution in [0.4, 0.5) is 5.69 Å². The number of rotatable bonds is 4. The Bertz CT molecular complexity index is 372. The Balaban J connectivity index is 2.00. The highest BCUT2D eigenvalue weighted by molar-refractivity contribution is 5.94. The highest BCUT2D eigenvalue weighted by atomic mass is 16.5. The fraction of sp³-hybridized carbons (Fsp3) is 0.417. The number of aromatic carboxylic acids is 1. The lowest BCUT2D eigenvalue weighted by Gasteiger charge is -2.13. The highest BCUT2D eigenvalue weighted by Crippen LogP contribution is 2.17. The van der Waals surface area contributed by atoms with E-state index in [9.17, 15) is 4.79 Å². The summed E-state index contributed by atoms with van der Waals surface area (Å²) in [4.78, 5) is 10.9. The van der Waals surface area contributed by atoms with Crippen molar-refractivity contribution in [2.45, 2.75) is 18.9 Å². The van der Waals surface area contributed by atoms with Gasteiger partial charge in [0.05, 0.1) is 11.7 Å². The zero-order chi connectivity index (χ0) is 11.4. The second kappa shape index (κ2) is 4.99. The van der Waals surface area contributed by atoms with Gasteiger partial charge in [-0.25, -0.2) is 4.79 Å². The fourth-order valence-electron chi connectivity index (χ4n) is 1.85. The molecule has 4 heteroatoms. The molecule has 0 amide bonds. The van der Waals surface area contributed by atoms with E-state index in [1.54, 1.807) is 18.2 Å². The first-order chi connectivity index (χ1) is 7.77. The molecule has 16 heavy (non-hydrogen) atoms. The summed E-state index contributed by atoms with van der Waals surface area (Å²) in [6.45, 7) is 1.48. The van der Waals surface area contributed by atoms with E-state index in [4.69, 9.17) is 9.84 Å². The molecule has 4 nitrogen and oxygen atoms in total. The number of hydrogen-bond donors (Lipinski definition) is 2. The number of carbonyl (C=O) groups is 1. The summed E-state index contributed by atoms with van der Waals surface area (Å²) < 4.78 is 5.47. The zero-order valence-electron chi connectivity index (χ0n) is 8.98. The van der Waals surface area contributed by atoms with Gasteiger partial charge in [-0.15, -0.1) is 0 Å². The summed E-state index contributed by atoms with van der Waals surface area (Å²) in [5.74, 6) is -0.907. The van der Waals surface area contributed by atoms with Crippen molar-refractivity contribution >= 4 is 11.7 Å². The Labute approximate surface area is 94.2 Å². The molecule has 1 aliphatic rings. The largest absolute Gasteiger partial charge is 0.478 e. The molecule has 0 aromatic heterocycles. The van der Waals surface area contributed by atoms with Gasteiger partial charge in [0.25, 0.3) is 0 Å². The third-order valence-corrected chi connectivity index (χ3v) is 2.70. The fourth-order valence-corrected chi connectivity index (χ4v) is 1.85. The molecule has 0 saturated carbocycles. The molecule has 1 aliphatic heterocycles. The van der Waals surface area contributed by atoms with Gasteiger partial charge in [0, 0.05) is 18.8 Å². The minimum atomic E-state index is -0.907. The SMILES string of the molecule is O=C(O)c1ccccc1NCC1CCCO1. The number of ether oxygens (including phenoxy) is 1. The summed E-state index contributed by atoms with van der Waals surface area (Å²) in [5, 5.41) is 12.1. The predicted molar refractivity (Wildman–Crippen MR) is 60.9 cm³/mol. The molecule has 1 aromatic carbocycles. The van der Waals surface area contributed by atoms with Crippen molar-refractivity contribution in [3.63, 3.8) is 0 Å². The minimum absolute atomic E-state index is 0.210. The van der Waals surface area contributed by atoms with E-state index < -0.39 is 5.97 Å². The van der Waals surface area contributed by atoms with Gasteiger partial charge in [0.1, 0.15) is 0 Å². The molecule has 1 heterocycles. The van der Waals surface area contributed by atoms with Gasteiger partial charge in [-0.2, -0.15) is 0 Å². The summed E-state index contributed by atoms with van der Waals surface area (Å²) in [6.07, 6.45) is 2.34. The van der Waals surface area contributed by atoms with Crippen molar-refractivity contribution < 1.29 is 14.6 Å². The van der Waals surface area contributed by atoms with Gasteiger partial charge in [-0.1, -0.05) is 12.1 Å². The Hall–Kier alpha value is -1.55. The summed E-state index contributed by atoms with van der Waals surface area (Å²) in [6, 6.07) is 6.92. The molecular weight excluding hydrogens is 206 g/mol. The molecule has 1 aromatic rings. The third-order valence-electron chi connectivity index (χ3n) is 2.70. The molecule has 0 aliphatic carbocycles. The molecule has 2 N–H and O–H groups in total. The molecule has 1 unspecified atom stereocenters. The monoisotopic (exact) mass is 221 g/mol. The van der Waals surface area contributed by atoms with Crippen LogP contribution in [0.15, 0.2) is 24.3 Å². The molecular formula is C12H15NO3. The number of carboxylic acid groups (broad SMARTS) is 1. The normalized spacial score (nSPS) is 19.6. The summed E-state index contributed by atoms with van der Waals surface area (Å²) in [5.41, 5.74) is 0.964. The maximum absolute atomic E-state index is 10.9. The van der Waals surface area contributed by atoms with Crippen LogP contribution in [-0.4, -0.2) is 30.3 Å². The van der Waals surface area contributed by atoms with Crippen LogP contribution in [0.5, 0.6) is 0 Å². The topological polar surface area (TPSA) is 58.6 Å². The number of nitrogens with one attached hydrogen (secondary N) is 1. The van der Waals surface area contributed by atoms with Crippen molar-refractivity contribution in [1.82, 2.24) is 0 Å². The second-order valence-corrected chi connectivity index (χ2v) is 3.87. The van der Waals surface area contributed by atoms with E-state index in [1.165, 1.54) is 0 Å². The Morgan fingerprint density at radius 2 is 2.31 bits per heavy atom. The van der Waals surface area contributed by atoms with Crippen LogP contribution < -0.4 is 5.32 Å². The second-order valence-electron chi connectivity index (χ2n) is 3.87. The average molecular weight is 221 g/mol. The molecule has 1 saturated heterocycles. The molecule has 0 spiro atoms. The van der Waals surface area contributed by atoms with Crippen molar-refractivity contribution in [2.75, 3.05) is 18.5 Å². The lowest BCUT2D eigenvalue weighted by Crippen LogP contribution is -2.19. The van der Waals surface area contributed by atoms with E-state index in [2.05, 4.69) is 5.32 Å². The Morgan fingerprint density at radius 3 is 3.00 bits per heavy atom. The van der Waals surface area contributed by atoms with Crippen LogP contribution >= 0.6 is 0 Å². The van der Waals surface area contributed by atoms with E-state index in [-0.39, 0.29) is 6.10 Å². The number of para-hydroxylation sites is 1. The van der Waals surface area contributed by atoms with Crippen molar-refractivity contribution in [3.05, 3.63) is 29.8 Å². The van der Waals surface area contributed by atoms with Gasteiger partial charge in [-0.05, 0) is 25.0 Å². The smallest absolute Gasteiger partial charge is 0.337 e. The van der Waals surface area contributed by atoms with Gasteiger partial charge < -0.3 is 15.2 Å². The maximum atomic E-state index is 10.9. The lowest BCUT2D eigenvalue weighted by molar-refractivity contribution is 0.0697. The zero-order valence-corrected chi connectivity index (χ0v) is 8.98. The van der Waals surface area contributed by atoms with Crippen LogP contribution in [0, 0.1) is 0 Å². The standard InChI is InChI=1S/C12H15NO3/c14-12(15)10-5-1-2-6-11(10)13-8-9-4-3-7-16-9/h1-2,5-6,9,13H,3-4,7-8H2,(H,14,15). The quantitative estimate of drug-likeness (QED) is 0.816. The molecule has 0 radical (unpaired) electrons. The number of benzene rings is 1. The number of anilines is 1. The van der Waals surface area contributed by atoms with Crippen LogP contribution in [0.25, 0.3) is 0 Å². The third kappa shape index (κ3) is 2.52. The average Bonchev–Trinajstić information content (AvgIpc) is 2.79. The van der Waals surface area contributed by atoms with E-state index in [0.29, 0.717) is 17.8 Å². The first-order valence-electron chi connectivity index (χ1n) is 5.45. The van der Waals surface area contributed by atoms with Crippen molar-refractivity contribution in [3.8, 4) is 0 Å². The molecule has 1 fully saturated rings. The van der Waals surface area contributed by atoms with Crippen LogP contribution in [0.2, 0.25) is 0 Å². The molecule has 2 rings (SSSR count). The van der Waals surface area contributed by atoms with E-state index >= 15 is 0 Å². The Kier molecular flexibility index (Phi) is 3.41. The molecule has 86 valence electrons. The van der Waals surface area contributed by atoms with Gasteiger partial charge in [0.15, 0.2) is 0 Å². The first-order valence-corrected chi connectivity index (χ1v) is 5.45.